The smallest absolute Gasteiger partial charge is 0.0812 e. The normalized spacial score (nSPS) is 9.25. The number of hydrazine groups is 1. The van der Waals surface area contributed by atoms with Gasteiger partial charge in [-0.3, -0.25) is 11.7 Å². The Bertz CT molecular complexity index is 360. The van der Waals surface area contributed by atoms with Gasteiger partial charge in [0.15, 0.2) is 0 Å². The molecule has 0 saturated carbocycles. The van der Waals surface area contributed by atoms with Gasteiger partial charge in [0.2, 0.25) is 0 Å². The number of hydrogen-bond donors (Lipinski definition) is 2. The van der Waals surface area contributed by atoms with Crippen LogP contribution in [0.5, 0.6) is 0 Å². The predicted molar refractivity (Wildman–Crippen MR) is 55.7 cm³/mol. The van der Waals surface area contributed by atoms with Crippen LogP contribution in [0.3, 0.4) is 0 Å². The lowest BCUT2D eigenvalue weighted by Gasteiger charge is -1.87. The third-order valence-corrected chi connectivity index (χ3v) is 2.58. The van der Waals surface area contributed by atoms with E-state index in [0.29, 0.717) is 0 Å². The average molecular weight is 246 g/mol. The molecule has 5 heteroatoms. The van der Waals surface area contributed by atoms with Crippen molar-refractivity contribution < 1.29 is 0 Å². The molecule has 2 rings (SSSR count). The van der Waals surface area contributed by atoms with Crippen molar-refractivity contribution in [2.75, 3.05) is 0 Å². The Labute approximate surface area is 82.5 Å². The van der Waals surface area contributed by atoms with Crippen molar-refractivity contribution in [1.29, 1.82) is 0 Å². The molecule has 0 unspecified atom stereocenters. The molecule has 0 aliphatic carbocycles. The molecule has 0 saturated heterocycles. The van der Waals surface area contributed by atoms with Crippen LogP contribution in [0.2, 0.25) is 0 Å². The molecular weight excluding hydrogens is 238 g/mol. The van der Waals surface area contributed by atoms with Crippen LogP contribution in [0.1, 0.15) is 0 Å². The zero-order chi connectivity index (χ0) is 8.97. The van der Waals surface area contributed by atoms with E-state index in [-0.39, 0.29) is 0 Å². The third kappa shape index (κ3) is 2.01. The molecule has 4 N–H and O–H groups in total. The first-order valence-corrected chi connectivity index (χ1v) is 4.85. The Morgan fingerprint density at radius 1 is 1.33 bits per heavy atom. The Morgan fingerprint density at radius 3 is 2.83 bits per heavy atom. The number of thiazole rings is 1. The minimum Gasteiger partial charge on any atom is -0.274 e. The van der Waals surface area contributed by atoms with E-state index >= 15 is 0 Å². The number of halogens is 1. The summed E-state index contributed by atoms with van der Waals surface area (Å²) >= 11 is 5.06. The number of rotatable bonds is 0. The largest absolute Gasteiger partial charge is 0.274 e. The summed E-state index contributed by atoms with van der Waals surface area (Å²) in [4.78, 5) is 4.16. The van der Waals surface area contributed by atoms with Crippen molar-refractivity contribution in [3.05, 3.63) is 28.2 Å². The van der Waals surface area contributed by atoms with Gasteiger partial charge in [-0.15, -0.1) is 11.3 Å². The highest BCUT2D eigenvalue weighted by Gasteiger charge is 1.94. The van der Waals surface area contributed by atoms with Gasteiger partial charge >= 0.3 is 0 Å². The van der Waals surface area contributed by atoms with Crippen LogP contribution in [-0.2, 0) is 0 Å². The molecule has 0 atom stereocenters. The lowest BCUT2D eigenvalue weighted by Crippen LogP contribution is -2.02. The quantitative estimate of drug-likeness (QED) is 0.551. The van der Waals surface area contributed by atoms with Crippen LogP contribution >= 0.6 is 27.3 Å². The van der Waals surface area contributed by atoms with Crippen molar-refractivity contribution in [2.45, 2.75) is 0 Å². The summed E-state index contributed by atoms with van der Waals surface area (Å²) in [7, 11) is 0. The van der Waals surface area contributed by atoms with E-state index in [4.69, 9.17) is 0 Å². The van der Waals surface area contributed by atoms with E-state index in [1.165, 1.54) is 4.70 Å². The second kappa shape index (κ2) is 4.51. The summed E-state index contributed by atoms with van der Waals surface area (Å²) in [6, 6.07) is 6.09. The zero-order valence-electron chi connectivity index (χ0n) is 6.20. The van der Waals surface area contributed by atoms with E-state index in [9.17, 15) is 0 Å². The highest BCUT2D eigenvalue weighted by molar-refractivity contribution is 9.10. The molecule has 0 amide bonds. The highest BCUT2D eigenvalue weighted by Crippen LogP contribution is 2.21. The number of fused-ring (bicyclic) bond motifs is 1. The lowest BCUT2D eigenvalue weighted by molar-refractivity contribution is 1.26. The first-order chi connectivity index (χ1) is 5.86. The second-order valence-electron chi connectivity index (χ2n) is 1.96. The molecule has 1 heterocycles. The molecule has 0 fully saturated rings. The van der Waals surface area contributed by atoms with Crippen LogP contribution < -0.4 is 11.7 Å². The topological polar surface area (TPSA) is 64.9 Å². The number of benzene rings is 1. The predicted octanol–water partition coefficient (Wildman–Crippen LogP) is 1.88. The van der Waals surface area contributed by atoms with E-state index in [1.54, 1.807) is 11.3 Å². The Hall–Kier alpha value is -0.490. The number of aromatic nitrogens is 1. The molecule has 0 spiro atoms. The summed E-state index contributed by atoms with van der Waals surface area (Å²) in [5.41, 5.74) is 2.94. The van der Waals surface area contributed by atoms with Crippen LogP contribution in [-0.4, -0.2) is 4.98 Å². The molecule has 64 valence electrons. The molecule has 12 heavy (non-hydrogen) atoms. The second-order valence-corrected chi connectivity index (χ2v) is 3.77. The third-order valence-electron chi connectivity index (χ3n) is 1.29. The SMILES string of the molecule is Brc1ccc2ncsc2c1.NN. The average Bonchev–Trinajstić information content (AvgIpc) is 2.54. The molecule has 0 aliphatic heterocycles. The van der Waals surface area contributed by atoms with Gasteiger partial charge in [0.25, 0.3) is 0 Å². The van der Waals surface area contributed by atoms with Crippen molar-refractivity contribution >= 4 is 37.5 Å². The van der Waals surface area contributed by atoms with E-state index in [2.05, 4.69) is 38.7 Å². The van der Waals surface area contributed by atoms with Crippen LogP contribution in [0, 0.1) is 0 Å². The molecule has 2 aromatic rings. The fraction of sp³-hybridized carbons (Fsp3) is 0. The maximum atomic E-state index is 4.16. The molecule has 0 radical (unpaired) electrons. The van der Waals surface area contributed by atoms with Crippen molar-refractivity contribution in [1.82, 2.24) is 4.98 Å². The van der Waals surface area contributed by atoms with Gasteiger partial charge in [-0.2, -0.15) is 0 Å². The summed E-state index contributed by atoms with van der Waals surface area (Å²) in [6.45, 7) is 0. The van der Waals surface area contributed by atoms with Gasteiger partial charge < -0.3 is 0 Å². The minimum atomic E-state index is 1.08. The molecule has 3 nitrogen and oxygen atoms in total. The van der Waals surface area contributed by atoms with Gasteiger partial charge in [0, 0.05) is 4.47 Å². The maximum Gasteiger partial charge on any atom is 0.0812 e. The van der Waals surface area contributed by atoms with Gasteiger partial charge in [-0.05, 0) is 18.2 Å². The molecular formula is C7H8BrN3S. The Balaban J connectivity index is 0.000000336. The first-order valence-electron chi connectivity index (χ1n) is 3.18. The van der Waals surface area contributed by atoms with Gasteiger partial charge in [-0.25, -0.2) is 4.98 Å². The van der Waals surface area contributed by atoms with Crippen LogP contribution in [0.15, 0.2) is 28.2 Å². The van der Waals surface area contributed by atoms with Gasteiger partial charge in [0.05, 0.1) is 15.7 Å². The van der Waals surface area contributed by atoms with E-state index in [0.717, 1.165) is 9.99 Å². The minimum absolute atomic E-state index is 1.08. The summed E-state index contributed by atoms with van der Waals surface area (Å²) in [5, 5.41) is 0. The number of nitrogens with zero attached hydrogens (tertiary/aromatic N) is 1. The van der Waals surface area contributed by atoms with Gasteiger partial charge in [-0.1, -0.05) is 15.9 Å². The first kappa shape index (κ1) is 9.60. The van der Waals surface area contributed by atoms with Crippen molar-refractivity contribution in [2.24, 2.45) is 11.7 Å². The van der Waals surface area contributed by atoms with Crippen LogP contribution in [0.4, 0.5) is 0 Å². The molecule has 0 aliphatic rings. The summed E-state index contributed by atoms with van der Waals surface area (Å²) in [5.74, 6) is 8.00. The highest BCUT2D eigenvalue weighted by atomic mass is 79.9. The van der Waals surface area contributed by atoms with Crippen LogP contribution in [0.25, 0.3) is 10.2 Å². The van der Waals surface area contributed by atoms with E-state index < -0.39 is 0 Å². The Morgan fingerprint density at radius 2 is 2.08 bits per heavy atom. The maximum absolute atomic E-state index is 4.16. The molecule has 1 aromatic heterocycles. The number of hydrogen-bond acceptors (Lipinski definition) is 4. The fourth-order valence-electron chi connectivity index (χ4n) is 0.829. The summed E-state index contributed by atoms with van der Waals surface area (Å²) < 4.78 is 2.35. The standard InChI is InChI=1S/C7H4BrNS.H4N2/c8-5-1-2-6-7(3-5)10-4-9-6;1-2/h1-4H;1-2H2. The lowest BCUT2D eigenvalue weighted by atomic mass is 10.3. The van der Waals surface area contributed by atoms with Crippen molar-refractivity contribution in [3.8, 4) is 0 Å². The van der Waals surface area contributed by atoms with E-state index in [1.807, 2.05) is 17.6 Å². The zero-order valence-corrected chi connectivity index (χ0v) is 8.60. The molecule has 0 bridgehead atoms. The van der Waals surface area contributed by atoms with Crippen molar-refractivity contribution in [3.63, 3.8) is 0 Å². The number of nitrogens with two attached hydrogens (primary N) is 2. The Kier molecular flexibility index (Phi) is 3.61. The monoisotopic (exact) mass is 245 g/mol. The summed E-state index contributed by atoms with van der Waals surface area (Å²) in [6.07, 6.45) is 0. The fourth-order valence-corrected chi connectivity index (χ4v) is 2.06. The molecule has 1 aromatic carbocycles. The van der Waals surface area contributed by atoms with Gasteiger partial charge in [0.1, 0.15) is 0 Å².